The van der Waals surface area contributed by atoms with Crippen molar-refractivity contribution in [1.29, 1.82) is 0 Å². The summed E-state index contributed by atoms with van der Waals surface area (Å²) in [5, 5.41) is 6.33. The van der Waals surface area contributed by atoms with E-state index in [2.05, 4.69) is 25.3 Å². The fourth-order valence-corrected chi connectivity index (χ4v) is 3.57. The fourth-order valence-electron chi connectivity index (χ4n) is 2.86. The second-order valence-corrected chi connectivity index (χ2v) is 9.05. The van der Waals surface area contributed by atoms with E-state index in [4.69, 9.17) is 21.1 Å². The number of nitrogens with zero attached hydrogens (tertiary/aromatic N) is 2. The van der Waals surface area contributed by atoms with E-state index < -0.39 is 16.7 Å². The van der Waals surface area contributed by atoms with Crippen LogP contribution in [-0.4, -0.2) is 45.0 Å². The number of ether oxygens (including phenoxy) is 2. The number of sulfonamides is 1. The molecule has 9 nitrogen and oxygen atoms in total. The first kappa shape index (κ1) is 24.3. The smallest absolute Gasteiger partial charge is 0.229 e. The molecule has 3 aromatic rings. The first-order chi connectivity index (χ1) is 15.7. The molecule has 0 amide bonds. The highest BCUT2D eigenvalue weighted by atomic mass is 35.5. The molecule has 3 rings (SSSR count). The molecule has 0 fully saturated rings. The zero-order valence-electron chi connectivity index (χ0n) is 18.1. The maximum Gasteiger partial charge on any atom is 0.229 e. The normalized spacial score (nSPS) is 11.1. The van der Waals surface area contributed by atoms with E-state index in [9.17, 15) is 12.8 Å². The molecular formula is C21H23ClFN5O4S. The summed E-state index contributed by atoms with van der Waals surface area (Å²) in [5.41, 5.74) is 2.09. The van der Waals surface area contributed by atoms with Gasteiger partial charge in [-0.25, -0.2) is 17.8 Å². The Hall–Kier alpha value is -3.31. The van der Waals surface area contributed by atoms with Crippen LogP contribution in [0.3, 0.4) is 0 Å². The van der Waals surface area contributed by atoms with Gasteiger partial charge < -0.3 is 20.1 Å². The number of alkyl halides is 1. The number of methoxy groups -OCH3 is 1. The maximum absolute atomic E-state index is 12.5. The quantitative estimate of drug-likeness (QED) is 0.372. The summed E-state index contributed by atoms with van der Waals surface area (Å²) in [4.78, 5) is 8.59. The molecule has 12 heteroatoms. The van der Waals surface area contributed by atoms with Gasteiger partial charge in [-0.3, -0.25) is 4.72 Å². The first-order valence-corrected chi connectivity index (χ1v) is 12.0. The molecule has 0 saturated carbocycles. The van der Waals surface area contributed by atoms with Gasteiger partial charge in [-0.05, 0) is 31.2 Å². The van der Waals surface area contributed by atoms with Crippen LogP contribution in [0.25, 0.3) is 0 Å². The lowest BCUT2D eigenvalue weighted by atomic mass is 10.2. The molecule has 1 heterocycles. The van der Waals surface area contributed by atoms with Gasteiger partial charge >= 0.3 is 0 Å². The molecule has 0 aliphatic rings. The number of hydrogen-bond donors (Lipinski definition) is 3. The summed E-state index contributed by atoms with van der Waals surface area (Å²) in [7, 11) is -2.07. The highest BCUT2D eigenvalue weighted by Gasteiger charge is 2.14. The summed E-state index contributed by atoms with van der Waals surface area (Å²) in [6.45, 7) is 1.20. The van der Waals surface area contributed by atoms with Crippen molar-refractivity contribution in [3.8, 4) is 11.5 Å². The largest absolute Gasteiger partial charge is 0.497 e. The zero-order valence-corrected chi connectivity index (χ0v) is 19.7. The maximum atomic E-state index is 12.5. The summed E-state index contributed by atoms with van der Waals surface area (Å²) < 4.78 is 49.0. The van der Waals surface area contributed by atoms with Crippen LogP contribution in [0, 0.1) is 6.92 Å². The molecule has 0 aliphatic heterocycles. The van der Waals surface area contributed by atoms with Gasteiger partial charge in [0.15, 0.2) is 5.82 Å². The number of anilines is 5. The van der Waals surface area contributed by atoms with E-state index in [1.165, 1.54) is 19.4 Å². The third-order valence-electron chi connectivity index (χ3n) is 4.38. The van der Waals surface area contributed by atoms with Crippen LogP contribution >= 0.6 is 11.6 Å². The Morgan fingerprint density at radius 1 is 1.12 bits per heavy atom. The van der Waals surface area contributed by atoms with Gasteiger partial charge in [0.25, 0.3) is 0 Å². The van der Waals surface area contributed by atoms with Gasteiger partial charge in [0.1, 0.15) is 29.8 Å². The summed E-state index contributed by atoms with van der Waals surface area (Å²) in [6, 6.07) is 10.1. The predicted molar refractivity (Wildman–Crippen MR) is 128 cm³/mol. The van der Waals surface area contributed by atoms with Crippen LogP contribution in [0.2, 0.25) is 5.02 Å². The average molecular weight is 496 g/mol. The minimum atomic E-state index is -3.55. The van der Waals surface area contributed by atoms with Crippen LogP contribution in [0.1, 0.15) is 5.56 Å². The Bertz CT molecular complexity index is 1240. The monoisotopic (exact) mass is 495 g/mol. The van der Waals surface area contributed by atoms with Crippen LogP contribution in [0.4, 0.5) is 33.2 Å². The second-order valence-electron chi connectivity index (χ2n) is 6.89. The molecule has 0 spiro atoms. The molecular weight excluding hydrogens is 473 g/mol. The van der Waals surface area contributed by atoms with Crippen LogP contribution in [0.5, 0.6) is 11.5 Å². The minimum absolute atomic E-state index is 0.0402. The highest BCUT2D eigenvalue weighted by molar-refractivity contribution is 7.92. The number of rotatable bonds is 10. The number of aromatic nitrogens is 2. The van der Waals surface area contributed by atoms with E-state index in [-0.39, 0.29) is 29.1 Å². The lowest BCUT2D eigenvalue weighted by Gasteiger charge is -2.16. The third-order valence-corrected chi connectivity index (χ3v) is 5.25. The van der Waals surface area contributed by atoms with Crippen molar-refractivity contribution in [2.75, 3.05) is 42.0 Å². The number of benzene rings is 2. The van der Waals surface area contributed by atoms with Crippen molar-refractivity contribution in [3.63, 3.8) is 0 Å². The molecule has 176 valence electrons. The van der Waals surface area contributed by atoms with E-state index in [1.54, 1.807) is 30.3 Å². The van der Waals surface area contributed by atoms with E-state index in [0.717, 1.165) is 11.8 Å². The van der Waals surface area contributed by atoms with Crippen molar-refractivity contribution >= 4 is 50.5 Å². The SMILES string of the molecule is COc1ccc(Nc2nc(Nc3cccc(OCCF)c3C)ncc2Cl)c(NS(C)(=O)=O)c1. The summed E-state index contributed by atoms with van der Waals surface area (Å²) in [6.07, 6.45) is 2.45. The number of hydrogen-bond acceptors (Lipinski definition) is 8. The van der Waals surface area contributed by atoms with Gasteiger partial charge in [-0.1, -0.05) is 17.7 Å². The highest BCUT2D eigenvalue weighted by Crippen LogP contribution is 2.33. The summed E-state index contributed by atoms with van der Waals surface area (Å²) in [5.74, 6) is 1.49. The first-order valence-electron chi connectivity index (χ1n) is 9.71. The van der Waals surface area contributed by atoms with Gasteiger partial charge in [0.2, 0.25) is 16.0 Å². The molecule has 0 aliphatic carbocycles. The Labute approximate surface area is 196 Å². The Morgan fingerprint density at radius 3 is 2.61 bits per heavy atom. The Balaban J connectivity index is 1.89. The van der Waals surface area contributed by atoms with Crippen molar-refractivity contribution in [2.45, 2.75) is 6.92 Å². The number of halogens is 2. The van der Waals surface area contributed by atoms with Crippen LogP contribution in [-0.2, 0) is 10.0 Å². The Morgan fingerprint density at radius 2 is 1.91 bits per heavy atom. The second kappa shape index (κ2) is 10.5. The summed E-state index contributed by atoms with van der Waals surface area (Å²) >= 11 is 6.27. The average Bonchev–Trinajstić information content (AvgIpc) is 2.76. The molecule has 3 N–H and O–H groups in total. The van der Waals surface area contributed by atoms with E-state index in [1.807, 2.05) is 6.92 Å². The molecule has 0 atom stereocenters. The van der Waals surface area contributed by atoms with Gasteiger partial charge in [0, 0.05) is 17.3 Å². The van der Waals surface area contributed by atoms with Crippen LogP contribution in [0.15, 0.2) is 42.6 Å². The lowest BCUT2D eigenvalue weighted by Crippen LogP contribution is -2.11. The lowest BCUT2D eigenvalue weighted by molar-refractivity contribution is 0.272. The zero-order chi connectivity index (χ0) is 24.0. The van der Waals surface area contributed by atoms with Gasteiger partial charge in [-0.2, -0.15) is 4.98 Å². The van der Waals surface area contributed by atoms with Gasteiger partial charge in [-0.15, -0.1) is 0 Å². The minimum Gasteiger partial charge on any atom is -0.497 e. The predicted octanol–water partition coefficient (Wildman–Crippen LogP) is 4.65. The van der Waals surface area contributed by atoms with Crippen molar-refractivity contribution in [2.24, 2.45) is 0 Å². The van der Waals surface area contributed by atoms with Crippen LogP contribution < -0.4 is 24.8 Å². The molecule has 0 bridgehead atoms. The van der Waals surface area contributed by atoms with Crippen molar-refractivity contribution in [1.82, 2.24) is 9.97 Å². The molecule has 1 aromatic heterocycles. The van der Waals surface area contributed by atoms with E-state index >= 15 is 0 Å². The Kier molecular flexibility index (Phi) is 7.77. The molecule has 33 heavy (non-hydrogen) atoms. The topological polar surface area (TPSA) is 114 Å². The molecule has 2 aromatic carbocycles. The van der Waals surface area contributed by atoms with E-state index in [0.29, 0.717) is 22.9 Å². The fraction of sp³-hybridized carbons (Fsp3) is 0.238. The van der Waals surface area contributed by atoms with Gasteiger partial charge in [0.05, 0.1) is 30.9 Å². The third kappa shape index (κ3) is 6.59. The van der Waals surface area contributed by atoms with Crippen molar-refractivity contribution in [3.05, 3.63) is 53.2 Å². The number of nitrogens with one attached hydrogen (secondary N) is 3. The molecule has 0 radical (unpaired) electrons. The standard InChI is InChI=1S/C21H23ClFN5O4S/c1-13-16(5-4-6-19(13)32-10-9-23)26-21-24-12-15(22)20(27-21)25-17-8-7-14(31-2)11-18(17)28-33(3,29)30/h4-8,11-12,28H,9-10H2,1-3H3,(H2,24,25,26,27). The van der Waals surface area contributed by atoms with Crippen molar-refractivity contribution < 1.29 is 22.3 Å². The molecule has 0 saturated heterocycles. The molecule has 0 unspecified atom stereocenters.